The first-order valence-corrected chi connectivity index (χ1v) is 7.85. The molecule has 1 heterocycles. The van der Waals surface area contributed by atoms with Crippen molar-refractivity contribution in [2.24, 2.45) is 5.41 Å². The Bertz CT molecular complexity index is 521. The molecule has 3 rings (SSSR count). The number of hydrogen-bond donors (Lipinski definition) is 1. The van der Waals surface area contributed by atoms with Crippen molar-refractivity contribution in [3.63, 3.8) is 0 Å². The first-order valence-electron chi connectivity index (χ1n) is 7.85. The number of halogens is 1. The SMILES string of the molecule is CC1(C(=O)N(Cc2ccccc2F)C2CC2)CCNCC1. The summed E-state index contributed by atoms with van der Waals surface area (Å²) in [6.07, 6.45) is 3.84. The van der Waals surface area contributed by atoms with Gasteiger partial charge in [0.15, 0.2) is 0 Å². The van der Waals surface area contributed by atoms with E-state index in [1.807, 2.05) is 11.0 Å². The highest BCUT2D eigenvalue weighted by molar-refractivity contribution is 5.83. The molecule has 1 aliphatic heterocycles. The number of nitrogens with one attached hydrogen (secondary N) is 1. The number of benzene rings is 1. The fourth-order valence-electron chi connectivity index (χ4n) is 3.10. The van der Waals surface area contributed by atoms with Gasteiger partial charge >= 0.3 is 0 Å². The van der Waals surface area contributed by atoms with Crippen LogP contribution in [0, 0.1) is 11.2 Å². The van der Waals surface area contributed by atoms with Gasteiger partial charge in [0.1, 0.15) is 5.82 Å². The predicted molar refractivity (Wildman–Crippen MR) is 80.2 cm³/mol. The summed E-state index contributed by atoms with van der Waals surface area (Å²) in [4.78, 5) is 14.9. The lowest BCUT2D eigenvalue weighted by Gasteiger charge is -2.37. The summed E-state index contributed by atoms with van der Waals surface area (Å²) in [6.45, 7) is 4.24. The van der Waals surface area contributed by atoms with Gasteiger partial charge in [0.2, 0.25) is 5.91 Å². The molecule has 1 aromatic carbocycles. The molecule has 0 atom stereocenters. The lowest BCUT2D eigenvalue weighted by Crippen LogP contribution is -2.48. The topological polar surface area (TPSA) is 32.3 Å². The maximum absolute atomic E-state index is 13.9. The first-order chi connectivity index (χ1) is 10.1. The molecule has 0 unspecified atom stereocenters. The zero-order chi connectivity index (χ0) is 14.9. The van der Waals surface area contributed by atoms with Crippen LogP contribution < -0.4 is 5.32 Å². The first kappa shape index (κ1) is 14.5. The van der Waals surface area contributed by atoms with E-state index in [1.165, 1.54) is 6.07 Å². The molecular formula is C17H23FN2O. The van der Waals surface area contributed by atoms with Gasteiger partial charge in [0, 0.05) is 23.6 Å². The van der Waals surface area contributed by atoms with Crippen LogP contribution in [0.25, 0.3) is 0 Å². The van der Waals surface area contributed by atoms with Crippen LogP contribution >= 0.6 is 0 Å². The minimum Gasteiger partial charge on any atom is -0.335 e. The highest BCUT2D eigenvalue weighted by atomic mass is 19.1. The number of carbonyl (C=O) groups is 1. The molecule has 1 saturated carbocycles. The Balaban J connectivity index is 1.78. The summed E-state index contributed by atoms with van der Waals surface area (Å²) >= 11 is 0. The minimum absolute atomic E-state index is 0.203. The van der Waals surface area contributed by atoms with Gasteiger partial charge in [0.25, 0.3) is 0 Å². The monoisotopic (exact) mass is 290 g/mol. The van der Waals surface area contributed by atoms with E-state index < -0.39 is 0 Å². The molecule has 0 spiro atoms. The number of piperidine rings is 1. The van der Waals surface area contributed by atoms with Crippen LogP contribution in [0.1, 0.15) is 38.2 Å². The maximum Gasteiger partial charge on any atom is 0.229 e. The van der Waals surface area contributed by atoms with Crippen molar-refractivity contribution in [2.45, 2.75) is 45.2 Å². The number of hydrogen-bond acceptors (Lipinski definition) is 2. The Kier molecular flexibility index (Phi) is 3.98. The van der Waals surface area contributed by atoms with Crippen LogP contribution in [0.2, 0.25) is 0 Å². The molecule has 1 amide bonds. The fraction of sp³-hybridized carbons (Fsp3) is 0.588. The molecule has 3 nitrogen and oxygen atoms in total. The third-order valence-electron chi connectivity index (χ3n) is 4.77. The molecule has 1 aromatic rings. The zero-order valence-electron chi connectivity index (χ0n) is 12.6. The summed E-state index contributed by atoms with van der Waals surface area (Å²) in [6, 6.07) is 7.08. The second kappa shape index (κ2) is 5.76. The molecule has 0 radical (unpaired) electrons. The number of nitrogens with zero attached hydrogens (tertiary/aromatic N) is 1. The summed E-state index contributed by atoms with van der Waals surface area (Å²) in [5, 5.41) is 3.31. The molecule has 0 aromatic heterocycles. The maximum atomic E-state index is 13.9. The third-order valence-corrected chi connectivity index (χ3v) is 4.77. The van der Waals surface area contributed by atoms with Crippen molar-refractivity contribution >= 4 is 5.91 Å². The van der Waals surface area contributed by atoms with Gasteiger partial charge in [-0.3, -0.25) is 4.79 Å². The van der Waals surface area contributed by atoms with Crippen LogP contribution in [0.5, 0.6) is 0 Å². The summed E-state index contributed by atoms with van der Waals surface area (Å²) in [5.41, 5.74) is 0.328. The molecule has 2 aliphatic rings. The molecule has 2 fully saturated rings. The number of amides is 1. The van der Waals surface area contributed by atoms with E-state index in [0.29, 0.717) is 18.2 Å². The van der Waals surface area contributed by atoms with Gasteiger partial charge in [-0.2, -0.15) is 0 Å². The zero-order valence-corrected chi connectivity index (χ0v) is 12.6. The third kappa shape index (κ3) is 3.10. The van der Waals surface area contributed by atoms with Crippen molar-refractivity contribution in [2.75, 3.05) is 13.1 Å². The normalized spacial score (nSPS) is 21.0. The lowest BCUT2D eigenvalue weighted by molar-refractivity contribution is -0.144. The average molecular weight is 290 g/mol. The van der Waals surface area contributed by atoms with Crippen LogP contribution in [0.4, 0.5) is 4.39 Å². The van der Waals surface area contributed by atoms with E-state index in [-0.39, 0.29) is 17.1 Å². The van der Waals surface area contributed by atoms with E-state index in [4.69, 9.17) is 0 Å². The molecule has 1 saturated heterocycles. The average Bonchev–Trinajstić information content (AvgIpc) is 3.31. The summed E-state index contributed by atoms with van der Waals surface area (Å²) < 4.78 is 13.9. The van der Waals surface area contributed by atoms with E-state index >= 15 is 0 Å². The number of carbonyl (C=O) groups excluding carboxylic acids is 1. The van der Waals surface area contributed by atoms with E-state index in [2.05, 4.69) is 12.2 Å². The van der Waals surface area contributed by atoms with Gasteiger partial charge in [-0.15, -0.1) is 0 Å². The van der Waals surface area contributed by atoms with Crippen LogP contribution in [-0.2, 0) is 11.3 Å². The largest absolute Gasteiger partial charge is 0.335 e. The van der Waals surface area contributed by atoms with Crippen LogP contribution in [-0.4, -0.2) is 29.9 Å². The Hall–Kier alpha value is -1.42. The standard InChI is InChI=1S/C17H23FN2O/c1-17(8-10-19-11-9-17)16(21)20(14-6-7-14)12-13-4-2-3-5-15(13)18/h2-5,14,19H,6-12H2,1H3. The van der Waals surface area contributed by atoms with Crippen LogP contribution in [0.15, 0.2) is 24.3 Å². The molecule has 0 bridgehead atoms. The molecular weight excluding hydrogens is 267 g/mol. The predicted octanol–water partition coefficient (Wildman–Crippen LogP) is 2.71. The summed E-state index contributed by atoms with van der Waals surface area (Å²) in [5.74, 6) is -0.0128. The Morgan fingerprint density at radius 2 is 2.00 bits per heavy atom. The quantitative estimate of drug-likeness (QED) is 0.924. The molecule has 21 heavy (non-hydrogen) atoms. The van der Waals surface area contributed by atoms with E-state index in [0.717, 1.165) is 38.8 Å². The Morgan fingerprint density at radius 3 is 2.62 bits per heavy atom. The van der Waals surface area contributed by atoms with Crippen molar-refractivity contribution in [1.82, 2.24) is 10.2 Å². The fourth-order valence-corrected chi connectivity index (χ4v) is 3.10. The smallest absolute Gasteiger partial charge is 0.229 e. The van der Waals surface area contributed by atoms with Gasteiger partial charge in [0.05, 0.1) is 0 Å². The highest BCUT2D eigenvalue weighted by Gasteiger charge is 2.42. The van der Waals surface area contributed by atoms with Crippen molar-refractivity contribution in [3.8, 4) is 0 Å². The second-order valence-electron chi connectivity index (χ2n) is 6.57. The summed E-state index contributed by atoms with van der Waals surface area (Å²) in [7, 11) is 0. The highest BCUT2D eigenvalue weighted by Crippen LogP contribution is 2.36. The van der Waals surface area contributed by atoms with Gasteiger partial charge < -0.3 is 10.2 Å². The van der Waals surface area contributed by atoms with Crippen molar-refractivity contribution in [1.29, 1.82) is 0 Å². The Morgan fingerprint density at radius 1 is 1.33 bits per heavy atom. The molecule has 4 heteroatoms. The van der Waals surface area contributed by atoms with Crippen molar-refractivity contribution < 1.29 is 9.18 Å². The molecule has 1 aliphatic carbocycles. The van der Waals surface area contributed by atoms with Crippen molar-refractivity contribution in [3.05, 3.63) is 35.6 Å². The van der Waals surface area contributed by atoms with Gasteiger partial charge in [-0.05, 0) is 44.8 Å². The van der Waals surface area contributed by atoms with Gasteiger partial charge in [-0.1, -0.05) is 25.1 Å². The molecule has 1 N–H and O–H groups in total. The van der Waals surface area contributed by atoms with Gasteiger partial charge in [-0.25, -0.2) is 4.39 Å². The molecule has 114 valence electrons. The minimum atomic E-state index is -0.293. The van der Waals surface area contributed by atoms with E-state index in [1.54, 1.807) is 12.1 Å². The lowest BCUT2D eigenvalue weighted by atomic mass is 9.79. The van der Waals surface area contributed by atoms with Crippen LogP contribution in [0.3, 0.4) is 0 Å². The van der Waals surface area contributed by atoms with E-state index in [9.17, 15) is 9.18 Å². The number of rotatable bonds is 4. The second-order valence-corrected chi connectivity index (χ2v) is 6.57. The Labute approximate surface area is 125 Å².